The van der Waals surface area contributed by atoms with Gasteiger partial charge in [-0.15, -0.1) is 0 Å². The molecular formula is C7H14F2N2. The Morgan fingerprint density at radius 2 is 1.73 bits per heavy atom. The van der Waals surface area contributed by atoms with Crippen molar-refractivity contribution in [2.45, 2.75) is 32.2 Å². The van der Waals surface area contributed by atoms with Crippen LogP contribution in [0.25, 0.3) is 0 Å². The first-order valence-corrected chi connectivity index (χ1v) is 3.69. The van der Waals surface area contributed by atoms with E-state index in [4.69, 9.17) is 0 Å². The van der Waals surface area contributed by atoms with Crippen molar-refractivity contribution >= 4 is 0 Å². The highest BCUT2D eigenvalue weighted by atomic mass is 19.3. The van der Waals surface area contributed by atoms with E-state index in [0.717, 1.165) is 0 Å². The topological polar surface area (TPSA) is 15.3 Å². The standard InChI is InChI=1S/C7H14F2N2/c1-6(2,3)10-11-4-7(8,9)5-11/h10H,4-5H2,1-3H3. The Bertz CT molecular complexity index is 143. The fourth-order valence-electron chi connectivity index (χ4n) is 1.07. The molecule has 0 unspecified atom stereocenters. The molecule has 0 spiro atoms. The highest BCUT2D eigenvalue weighted by Crippen LogP contribution is 2.25. The minimum absolute atomic E-state index is 0.115. The average molecular weight is 164 g/mol. The molecular weight excluding hydrogens is 150 g/mol. The van der Waals surface area contributed by atoms with Gasteiger partial charge in [0.05, 0.1) is 13.1 Å². The lowest BCUT2D eigenvalue weighted by atomic mass is 10.1. The van der Waals surface area contributed by atoms with Gasteiger partial charge < -0.3 is 0 Å². The predicted octanol–water partition coefficient (Wildman–Crippen LogP) is 1.24. The van der Waals surface area contributed by atoms with Gasteiger partial charge in [0.15, 0.2) is 0 Å². The molecule has 0 aliphatic carbocycles. The first-order valence-electron chi connectivity index (χ1n) is 3.69. The summed E-state index contributed by atoms with van der Waals surface area (Å²) in [5, 5.41) is 1.54. The number of rotatable bonds is 1. The number of nitrogens with zero attached hydrogens (tertiary/aromatic N) is 1. The second-order valence-electron chi connectivity index (χ2n) is 4.07. The van der Waals surface area contributed by atoms with E-state index in [0.29, 0.717) is 0 Å². The van der Waals surface area contributed by atoms with E-state index in [1.54, 1.807) is 5.01 Å². The lowest BCUT2D eigenvalue weighted by molar-refractivity contribution is -0.159. The van der Waals surface area contributed by atoms with E-state index >= 15 is 0 Å². The van der Waals surface area contributed by atoms with E-state index in [1.165, 1.54) is 0 Å². The molecule has 0 bridgehead atoms. The van der Waals surface area contributed by atoms with Gasteiger partial charge in [-0.05, 0) is 20.8 Å². The van der Waals surface area contributed by atoms with Crippen molar-refractivity contribution in [3.8, 4) is 0 Å². The number of alkyl halides is 2. The van der Waals surface area contributed by atoms with Gasteiger partial charge in [0.1, 0.15) is 0 Å². The van der Waals surface area contributed by atoms with Crippen molar-refractivity contribution in [3.05, 3.63) is 0 Å². The molecule has 1 fully saturated rings. The van der Waals surface area contributed by atoms with Gasteiger partial charge in [0, 0.05) is 5.54 Å². The lowest BCUT2D eigenvalue weighted by Crippen LogP contribution is -2.65. The van der Waals surface area contributed by atoms with Gasteiger partial charge >= 0.3 is 0 Å². The van der Waals surface area contributed by atoms with Crippen LogP contribution in [0.1, 0.15) is 20.8 Å². The van der Waals surface area contributed by atoms with Crippen molar-refractivity contribution < 1.29 is 8.78 Å². The maximum atomic E-state index is 12.3. The minimum Gasteiger partial charge on any atom is -0.249 e. The Hall–Kier alpha value is -0.220. The fraction of sp³-hybridized carbons (Fsp3) is 1.00. The molecule has 66 valence electrons. The van der Waals surface area contributed by atoms with Gasteiger partial charge in [-0.3, -0.25) is 0 Å². The van der Waals surface area contributed by atoms with Crippen molar-refractivity contribution in [1.82, 2.24) is 10.4 Å². The molecule has 0 amide bonds. The third-order valence-corrected chi connectivity index (χ3v) is 1.34. The Kier molecular flexibility index (Phi) is 1.92. The van der Waals surface area contributed by atoms with Crippen LogP contribution in [-0.4, -0.2) is 29.6 Å². The molecule has 1 N–H and O–H groups in total. The van der Waals surface area contributed by atoms with Crippen LogP contribution in [0.3, 0.4) is 0 Å². The van der Waals surface area contributed by atoms with Gasteiger partial charge in [-0.1, -0.05) is 0 Å². The Morgan fingerprint density at radius 1 is 1.27 bits per heavy atom. The number of hydrogen-bond donors (Lipinski definition) is 1. The van der Waals surface area contributed by atoms with Crippen molar-refractivity contribution in [3.63, 3.8) is 0 Å². The highest BCUT2D eigenvalue weighted by Gasteiger charge is 2.44. The summed E-state index contributed by atoms with van der Waals surface area (Å²) in [6, 6.07) is 0. The smallest absolute Gasteiger partial charge is 0.249 e. The molecule has 0 radical (unpaired) electrons. The van der Waals surface area contributed by atoms with Crippen LogP contribution in [0.4, 0.5) is 8.78 Å². The summed E-state index contributed by atoms with van der Waals surface area (Å²) in [6.07, 6.45) is 0. The molecule has 11 heavy (non-hydrogen) atoms. The van der Waals surface area contributed by atoms with Gasteiger partial charge in [-0.25, -0.2) is 19.2 Å². The minimum atomic E-state index is -2.47. The summed E-state index contributed by atoms with van der Waals surface area (Å²) in [5.74, 6) is -2.47. The summed E-state index contributed by atoms with van der Waals surface area (Å²) in [7, 11) is 0. The molecule has 1 aliphatic rings. The summed E-state index contributed by atoms with van der Waals surface area (Å²) in [4.78, 5) is 0. The molecule has 0 saturated carbocycles. The molecule has 0 aromatic carbocycles. The lowest BCUT2D eigenvalue weighted by Gasteiger charge is -2.42. The SMILES string of the molecule is CC(C)(C)NN1CC(F)(F)C1. The fourth-order valence-corrected chi connectivity index (χ4v) is 1.07. The zero-order valence-electron chi connectivity index (χ0n) is 7.12. The largest absolute Gasteiger partial charge is 0.275 e. The van der Waals surface area contributed by atoms with Crippen molar-refractivity contribution in [2.24, 2.45) is 0 Å². The van der Waals surface area contributed by atoms with Crippen molar-refractivity contribution in [2.75, 3.05) is 13.1 Å². The molecule has 0 aromatic rings. The molecule has 1 rings (SSSR count). The molecule has 1 saturated heterocycles. The van der Waals surface area contributed by atoms with Crippen LogP contribution >= 0.6 is 0 Å². The third-order valence-electron chi connectivity index (χ3n) is 1.34. The molecule has 4 heteroatoms. The van der Waals surface area contributed by atoms with Gasteiger partial charge in [-0.2, -0.15) is 0 Å². The predicted molar refractivity (Wildman–Crippen MR) is 39.4 cm³/mol. The summed E-state index contributed by atoms with van der Waals surface area (Å²) < 4.78 is 24.6. The number of hydrogen-bond acceptors (Lipinski definition) is 2. The first kappa shape index (κ1) is 8.87. The quantitative estimate of drug-likeness (QED) is 0.627. The van der Waals surface area contributed by atoms with Gasteiger partial charge in [0.25, 0.3) is 5.92 Å². The van der Waals surface area contributed by atoms with E-state index in [1.807, 2.05) is 20.8 Å². The second-order valence-corrected chi connectivity index (χ2v) is 4.07. The van der Waals surface area contributed by atoms with E-state index in [2.05, 4.69) is 5.43 Å². The molecule has 1 aliphatic heterocycles. The normalized spacial score (nSPS) is 24.8. The summed E-state index contributed by atoms with van der Waals surface area (Å²) >= 11 is 0. The summed E-state index contributed by atoms with van der Waals surface area (Å²) in [6.45, 7) is 5.52. The maximum Gasteiger partial charge on any atom is 0.275 e. The first-order chi connectivity index (χ1) is 4.79. The molecule has 0 aromatic heterocycles. The Morgan fingerprint density at radius 3 is 2.00 bits per heavy atom. The van der Waals surface area contributed by atoms with Crippen LogP contribution in [0.5, 0.6) is 0 Å². The van der Waals surface area contributed by atoms with Crippen LogP contribution in [0.2, 0.25) is 0 Å². The average Bonchev–Trinajstić information content (AvgIpc) is 1.53. The van der Waals surface area contributed by atoms with E-state index in [9.17, 15) is 8.78 Å². The molecule has 0 atom stereocenters. The number of nitrogens with one attached hydrogen (secondary N) is 1. The van der Waals surface area contributed by atoms with E-state index in [-0.39, 0.29) is 18.6 Å². The number of halogens is 2. The van der Waals surface area contributed by atoms with Crippen LogP contribution in [0.15, 0.2) is 0 Å². The summed E-state index contributed by atoms with van der Waals surface area (Å²) in [5.41, 5.74) is 2.85. The second kappa shape index (κ2) is 2.38. The zero-order valence-corrected chi connectivity index (χ0v) is 7.12. The van der Waals surface area contributed by atoms with Crippen LogP contribution in [0, 0.1) is 0 Å². The van der Waals surface area contributed by atoms with Crippen LogP contribution in [-0.2, 0) is 0 Å². The maximum absolute atomic E-state index is 12.3. The monoisotopic (exact) mass is 164 g/mol. The van der Waals surface area contributed by atoms with Gasteiger partial charge in [0.2, 0.25) is 0 Å². The Balaban J connectivity index is 2.24. The van der Waals surface area contributed by atoms with Crippen LogP contribution < -0.4 is 5.43 Å². The third kappa shape index (κ3) is 2.71. The highest BCUT2D eigenvalue weighted by molar-refractivity contribution is 4.86. The zero-order chi connectivity index (χ0) is 8.70. The molecule has 1 heterocycles. The Labute approximate surface area is 65.5 Å². The molecule has 2 nitrogen and oxygen atoms in total. The number of hydrazine groups is 1. The van der Waals surface area contributed by atoms with E-state index < -0.39 is 5.92 Å². The van der Waals surface area contributed by atoms with Crippen molar-refractivity contribution in [1.29, 1.82) is 0 Å².